The molecule has 0 fully saturated rings. The van der Waals surface area contributed by atoms with Crippen LogP contribution in [0.2, 0.25) is 0 Å². The number of rotatable bonds is 0. The molecule has 0 aromatic heterocycles. The monoisotopic (exact) mass is 432 g/mol. The second-order valence-electron chi connectivity index (χ2n) is 0.513. The van der Waals surface area contributed by atoms with Gasteiger partial charge in [0.2, 0.25) is 0 Å². The predicted octanol–water partition coefficient (Wildman–Crippen LogP) is -10.4. The Hall–Kier alpha value is 1.75. The van der Waals surface area contributed by atoms with Crippen molar-refractivity contribution in [2.45, 2.75) is 0 Å². The van der Waals surface area contributed by atoms with E-state index in [1.54, 1.807) is 0 Å². The maximum absolute atomic E-state index is 8.88. The molecule has 0 unspecified atom stereocenters. The molecule has 19 heavy (non-hydrogen) atoms. The van der Waals surface area contributed by atoms with Gasteiger partial charge in [-0.05, 0) is 0 Å². The number of hydrogen-bond acceptors (Lipinski definition) is 1. The van der Waals surface area contributed by atoms with Gasteiger partial charge in [0, 0.05) is 0 Å². The fraction of sp³-hybridized carbons (Fsp3) is 0. The predicted molar refractivity (Wildman–Crippen MR) is 72.3 cm³/mol. The molecule has 0 heterocycles. The Labute approximate surface area is 143 Å². The van der Waals surface area contributed by atoms with E-state index < -0.39 is 7.82 Å². The van der Waals surface area contributed by atoms with E-state index in [0.717, 1.165) is 45.4 Å². The Kier molecular flexibility index (Phi) is 1080. The number of hydrogen-bond donors (Lipinski definition) is 3. The van der Waals surface area contributed by atoms with Gasteiger partial charge in [-0.1, -0.05) is 0 Å². The third-order valence-corrected chi connectivity index (χ3v) is 0. The molecule has 27 N–H and O–H groups in total. The van der Waals surface area contributed by atoms with Gasteiger partial charge in [0.25, 0.3) is 0 Å². The zero-order valence-electron chi connectivity index (χ0n) is 9.58. The van der Waals surface area contributed by atoms with Crippen LogP contribution >= 0.6 is 14.4 Å². The Balaban J connectivity index is -0.00000000144. The first-order valence-corrected chi connectivity index (χ1v) is 10.4. The molecule has 0 aliphatic carbocycles. The molecular formula is H27BrKO16P. The third kappa shape index (κ3) is 2040. The summed E-state index contributed by atoms with van der Waals surface area (Å²) >= 11 is 0.875. The van der Waals surface area contributed by atoms with Crippen molar-refractivity contribution in [1.29, 1.82) is 0 Å². The van der Waals surface area contributed by atoms with Gasteiger partial charge in [0.1, 0.15) is 0 Å². The van der Waals surface area contributed by atoms with Crippen molar-refractivity contribution in [2.75, 3.05) is 0 Å². The summed E-state index contributed by atoms with van der Waals surface area (Å²) in [5.74, 6) is 0. The molecule has 0 spiro atoms. The van der Waals surface area contributed by atoms with Crippen LogP contribution in [0.4, 0.5) is 0 Å². The molecule has 0 atom stereocenters. The van der Waals surface area contributed by atoms with Crippen LogP contribution in [-0.2, 0) is 4.57 Å². The van der Waals surface area contributed by atoms with Gasteiger partial charge in [0.05, 0.1) is 0 Å². The molecule has 0 aromatic rings. The van der Waals surface area contributed by atoms with E-state index >= 15 is 0 Å². The van der Waals surface area contributed by atoms with Crippen LogP contribution in [0.25, 0.3) is 0 Å². The second-order valence-corrected chi connectivity index (χ2v) is 1.54. The molecule has 0 aromatic carbocycles. The van der Waals surface area contributed by atoms with E-state index in [1.807, 2.05) is 0 Å². The van der Waals surface area contributed by atoms with E-state index in [2.05, 4.69) is 6.60 Å². The van der Waals surface area contributed by atoms with Crippen LogP contribution in [0, 0.1) is 0 Å². The summed E-state index contributed by atoms with van der Waals surface area (Å²) in [5.41, 5.74) is 0. The Bertz CT molecular complexity index is 62.9. The summed E-state index contributed by atoms with van der Waals surface area (Å²) < 4.78 is 8.88. The van der Waals surface area contributed by atoms with Crippen molar-refractivity contribution in [2.24, 2.45) is 0 Å². The van der Waals surface area contributed by atoms with E-state index in [1.165, 1.54) is 0 Å². The van der Waals surface area contributed by atoms with Gasteiger partial charge >= 0.3 is 59.8 Å². The van der Waals surface area contributed by atoms with Crippen LogP contribution in [0.3, 0.4) is 0 Å². The number of phosphoric acid groups is 1. The molecule has 0 saturated carbocycles. The standard InChI is InChI=1S/BrH.K.H3O4P.12H2O/c;;1-5(2,3)4;;;;;;;;;;;;/h1H;;(H3,1,2,3,4);12*1H2/q;+1;;;;;;;;;;;;;/p-1. The summed E-state index contributed by atoms with van der Waals surface area (Å²) in [5, 5.41) is 0. The van der Waals surface area contributed by atoms with Crippen molar-refractivity contribution in [3.63, 3.8) is 0 Å². The van der Waals surface area contributed by atoms with Crippen LogP contribution in [0.15, 0.2) is 0 Å². The zero-order valence-corrected chi connectivity index (χ0v) is 15.2. The van der Waals surface area contributed by atoms with Gasteiger partial charge in [-0.2, -0.15) is 0 Å². The average Bonchev–Trinajstić information content (AvgIpc) is 1.36. The first-order chi connectivity index (χ1) is 3.00. The molecule has 0 saturated heterocycles. The molecule has 19 heteroatoms. The molecule has 0 aliphatic heterocycles. The fourth-order valence-electron chi connectivity index (χ4n) is 0. The molecule has 0 radical (unpaired) electrons. The first-order valence-electron chi connectivity index (χ1n) is 1.16. The van der Waals surface area contributed by atoms with Crippen LogP contribution in [-0.4, -0.2) is 126 Å². The van der Waals surface area contributed by atoms with Crippen LogP contribution in [0.5, 0.6) is 0 Å². The zero-order chi connectivity index (χ0) is 6.50. The van der Waals surface area contributed by atoms with E-state index in [-0.39, 0.29) is 65.7 Å². The summed E-state index contributed by atoms with van der Waals surface area (Å²) in [6.07, 6.45) is 0. The van der Waals surface area contributed by atoms with Crippen molar-refractivity contribution < 1.29 is 85.0 Å². The summed E-state index contributed by atoms with van der Waals surface area (Å²) in [6, 6.07) is 0. The van der Waals surface area contributed by atoms with Gasteiger partial charge in [-0.25, -0.2) is 4.57 Å². The van der Waals surface area contributed by atoms with E-state index in [0.29, 0.717) is 0 Å². The Morgan fingerprint density at radius 1 is 0.526 bits per heavy atom. The SMILES string of the molecule is O.O.O.O.O.O.O.O.O.O.O.O.O=P(O)(O)O.[K][Br]. The van der Waals surface area contributed by atoms with Crippen molar-refractivity contribution >= 4 is 59.8 Å². The van der Waals surface area contributed by atoms with Crippen molar-refractivity contribution in [3.05, 3.63) is 0 Å². The second kappa shape index (κ2) is 116. The summed E-state index contributed by atoms with van der Waals surface area (Å²) in [7, 11) is -4.64. The van der Waals surface area contributed by atoms with Gasteiger partial charge < -0.3 is 80.4 Å². The minimum atomic E-state index is -4.64. The molecule has 136 valence electrons. The summed E-state index contributed by atoms with van der Waals surface area (Å²) in [6.45, 7) is 3.12. The van der Waals surface area contributed by atoms with Crippen LogP contribution < -0.4 is 0 Å². The quantitative estimate of drug-likeness (QED) is 0.247. The normalized spacial score (nSPS) is 3.47. The minimum absolute atomic E-state index is 0. The number of halogens is 1. The molecule has 0 aliphatic rings. The fourth-order valence-corrected chi connectivity index (χ4v) is 0. The molecule has 16 nitrogen and oxygen atoms in total. The molecule has 0 amide bonds. The first kappa shape index (κ1) is 178. The Morgan fingerprint density at radius 3 is 0.526 bits per heavy atom. The summed E-state index contributed by atoms with van der Waals surface area (Å²) in [4.78, 5) is 21.6. The molecule has 0 rings (SSSR count). The topological polar surface area (TPSA) is 456 Å². The van der Waals surface area contributed by atoms with Crippen molar-refractivity contribution in [1.82, 2.24) is 0 Å². The van der Waals surface area contributed by atoms with Gasteiger partial charge in [0.15, 0.2) is 0 Å². The molecular weight excluding hydrogens is 406 g/mol. The maximum atomic E-state index is 8.88. The molecule has 0 bridgehead atoms. The average molecular weight is 433 g/mol. The Morgan fingerprint density at radius 2 is 0.526 bits per heavy atom. The van der Waals surface area contributed by atoms with E-state index in [9.17, 15) is 0 Å². The van der Waals surface area contributed by atoms with Crippen LogP contribution in [0.1, 0.15) is 0 Å². The third-order valence-electron chi connectivity index (χ3n) is 0. The van der Waals surface area contributed by atoms with Gasteiger partial charge in [-0.3, -0.25) is 0 Å². The van der Waals surface area contributed by atoms with Gasteiger partial charge in [-0.15, -0.1) is 0 Å². The van der Waals surface area contributed by atoms with E-state index in [4.69, 9.17) is 19.2 Å². The van der Waals surface area contributed by atoms with Crippen molar-refractivity contribution in [3.8, 4) is 0 Å².